The number of urea groups is 1. The number of carbonyl (C=O) groups excluding carboxylic acids is 3. The van der Waals surface area contributed by atoms with Gasteiger partial charge in [0.05, 0.1) is 12.1 Å². The second kappa shape index (κ2) is 8.31. The molecule has 0 saturated carbocycles. The summed E-state index contributed by atoms with van der Waals surface area (Å²) in [5, 5.41) is 5.57. The number of rotatable bonds is 7. The molecule has 2 unspecified atom stereocenters. The third-order valence-electron chi connectivity index (χ3n) is 4.18. The molecule has 6 heteroatoms. The van der Waals surface area contributed by atoms with Crippen molar-refractivity contribution in [1.82, 2.24) is 10.6 Å². The second-order valence-electron chi connectivity index (χ2n) is 7.72. The standard InChI is InChI=1S/C17H32N2O4/c1-9-17(7,8)14(11(2)20)19-15(22)18-13(16(4,5)6)10-23-12(3)21/h13-14H,9-10H2,1-8H3,(H2,18,19,22). The fraction of sp³-hybridized carbons (Fsp3) is 0.824. The summed E-state index contributed by atoms with van der Waals surface area (Å²) in [7, 11) is 0. The van der Waals surface area contributed by atoms with Gasteiger partial charge in [0.2, 0.25) is 0 Å². The summed E-state index contributed by atoms with van der Waals surface area (Å²) in [6, 6.07) is -1.36. The van der Waals surface area contributed by atoms with Crippen LogP contribution in [0.25, 0.3) is 0 Å². The Bertz CT molecular complexity index is 438. The number of carbonyl (C=O) groups is 3. The maximum atomic E-state index is 12.3. The third-order valence-corrected chi connectivity index (χ3v) is 4.18. The van der Waals surface area contributed by atoms with Crippen LogP contribution in [0.15, 0.2) is 0 Å². The van der Waals surface area contributed by atoms with Crippen LogP contribution >= 0.6 is 0 Å². The van der Waals surface area contributed by atoms with Gasteiger partial charge in [-0.3, -0.25) is 9.59 Å². The van der Waals surface area contributed by atoms with E-state index in [1.807, 2.05) is 41.5 Å². The summed E-state index contributed by atoms with van der Waals surface area (Å²) < 4.78 is 5.02. The molecule has 0 aromatic carbocycles. The highest BCUT2D eigenvalue weighted by molar-refractivity contribution is 5.87. The molecule has 0 bridgehead atoms. The van der Waals surface area contributed by atoms with E-state index in [4.69, 9.17) is 4.74 Å². The molecule has 2 N–H and O–H groups in total. The number of nitrogens with one attached hydrogen (secondary N) is 2. The van der Waals surface area contributed by atoms with E-state index in [0.29, 0.717) is 0 Å². The van der Waals surface area contributed by atoms with Gasteiger partial charge < -0.3 is 15.4 Å². The molecule has 0 rings (SSSR count). The molecule has 0 aliphatic carbocycles. The van der Waals surface area contributed by atoms with Crippen molar-refractivity contribution in [1.29, 1.82) is 0 Å². The van der Waals surface area contributed by atoms with E-state index in [1.165, 1.54) is 13.8 Å². The number of amides is 2. The first kappa shape index (κ1) is 21.4. The van der Waals surface area contributed by atoms with Gasteiger partial charge in [-0.1, -0.05) is 41.5 Å². The van der Waals surface area contributed by atoms with Gasteiger partial charge in [0, 0.05) is 6.92 Å². The van der Waals surface area contributed by atoms with E-state index in [9.17, 15) is 14.4 Å². The first-order valence-electron chi connectivity index (χ1n) is 8.02. The monoisotopic (exact) mass is 328 g/mol. The van der Waals surface area contributed by atoms with Gasteiger partial charge in [-0.05, 0) is 24.2 Å². The lowest BCUT2D eigenvalue weighted by atomic mass is 9.80. The van der Waals surface area contributed by atoms with Crippen molar-refractivity contribution in [3.8, 4) is 0 Å². The summed E-state index contributed by atoms with van der Waals surface area (Å²) >= 11 is 0. The summed E-state index contributed by atoms with van der Waals surface area (Å²) in [6.45, 7) is 14.6. The van der Waals surface area contributed by atoms with Crippen molar-refractivity contribution in [2.45, 2.75) is 73.9 Å². The molecule has 0 aromatic rings. The van der Waals surface area contributed by atoms with Gasteiger partial charge in [0.1, 0.15) is 6.61 Å². The Morgan fingerprint density at radius 1 is 1.00 bits per heavy atom. The van der Waals surface area contributed by atoms with Gasteiger partial charge in [-0.2, -0.15) is 0 Å². The minimum absolute atomic E-state index is 0.0840. The largest absolute Gasteiger partial charge is 0.464 e. The number of ketones is 1. The lowest BCUT2D eigenvalue weighted by molar-refractivity contribution is -0.142. The maximum absolute atomic E-state index is 12.3. The van der Waals surface area contributed by atoms with Crippen molar-refractivity contribution >= 4 is 17.8 Å². The van der Waals surface area contributed by atoms with Gasteiger partial charge in [-0.25, -0.2) is 4.79 Å². The quantitative estimate of drug-likeness (QED) is 0.704. The van der Waals surface area contributed by atoms with Gasteiger partial charge in [0.15, 0.2) is 5.78 Å². The highest BCUT2D eigenvalue weighted by Gasteiger charge is 2.34. The molecular formula is C17H32N2O4. The van der Waals surface area contributed by atoms with Crippen molar-refractivity contribution in [2.75, 3.05) is 6.61 Å². The smallest absolute Gasteiger partial charge is 0.315 e. The van der Waals surface area contributed by atoms with Gasteiger partial charge in [0.25, 0.3) is 0 Å². The zero-order valence-electron chi connectivity index (χ0n) is 15.7. The lowest BCUT2D eigenvalue weighted by Gasteiger charge is -2.35. The Labute approximate surface area is 139 Å². The molecular weight excluding hydrogens is 296 g/mol. The fourth-order valence-electron chi connectivity index (χ4n) is 2.09. The average Bonchev–Trinajstić information content (AvgIpc) is 2.38. The lowest BCUT2D eigenvalue weighted by Crippen LogP contribution is -2.56. The zero-order valence-corrected chi connectivity index (χ0v) is 15.7. The number of hydrogen-bond acceptors (Lipinski definition) is 4. The molecule has 6 nitrogen and oxygen atoms in total. The highest BCUT2D eigenvalue weighted by atomic mass is 16.5. The zero-order chi connectivity index (χ0) is 18.4. The first-order chi connectivity index (χ1) is 10.3. The molecule has 0 heterocycles. The van der Waals surface area contributed by atoms with Crippen molar-refractivity contribution < 1.29 is 19.1 Å². The number of esters is 1. The van der Waals surface area contributed by atoms with Crippen LogP contribution in [0, 0.1) is 10.8 Å². The molecule has 0 fully saturated rings. The van der Waals surface area contributed by atoms with Crippen molar-refractivity contribution in [3.05, 3.63) is 0 Å². The Morgan fingerprint density at radius 2 is 1.52 bits per heavy atom. The molecule has 0 spiro atoms. The predicted octanol–water partition coefficient (Wildman–Crippen LogP) is 2.66. The summed E-state index contributed by atoms with van der Waals surface area (Å²) in [5.74, 6) is -0.477. The molecule has 134 valence electrons. The Balaban J connectivity index is 4.98. The van der Waals surface area contributed by atoms with Crippen LogP contribution in [0.2, 0.25) is 0 Å². The van der Waals surface area contributed by atoms with Crippen LogP contribution in [-0.2, 0) is 14.3 Å². The predicted molar refractivity (Wildman–Crippen MR) is 90.1 cm³/mol. The second-order valence-corrected chi connectivity index (χ2v) is 7.72. The van der Waals surface area contributed by atoms with Crippen LogP contribution in [-0.4, -0.2) is 36.5 Å². The van der Waals surface area contributed by atoms with E-state index in [1.54, 1.807) is 0 Å². The third kappa shape index (κ3) is 7.48. The van der Waals surface area contributed by atoms with Crippen molar-refractivity contribution in [2.24, 2.45) is 10.8 Å². The van der Waals surface area contributed by atoms with Gasteiger partial charge >= 0.3 is 12.0 Å². The van der Waals surface area contributed by atoms with Crippen LogP contribution in [0.1, 0.15) is 61.8 Å². The summed E-state index contributed by atoms with van der Waals surface area (Å²) in [5.41, 5.74) is -0.630. The van der Waals surface area contributed by atoms with Crippen LogP contribution in [0.3, 0.4) is 0 Å². The van der Waals surface area contributed by atoms with E-state index in [2.05, 4.69) is 10.6 Å². The Kier molecular flexibility index (Phi) is 7.74. The van der Waals surface area contributed by atoms with Crippen molar-refractivity contribution in [3.63, 3.8) is 0 Å². The molecule has 0 aromatic heterocycles. The fourth-order valence-corrected chi connectivity index (χ4v) is 2.09. The summed E-state index contributed by atoms with van der Waals surface area (Å²) in [6.07, 6.45) is 0.758. The van der Waals surface area contributed by atoms with E-state index < -0.39 is 18.0 Å². The van der Waals surface area contributed by atoms with Crippen LogP contribution in [0.4, 0.5) is 4.79 Å². The molecule has 0 radical (unpaired) electrons. The van der Waals surface area contributed by atoms with Crippen LogP contribution in [0.5, 0.6) is 0 Å². The molecule has 2 amide bonds. The number of hydrogen-bond donors (Lipinski definition) is 2. The van der Waals surface area contributed by atoms with E-state index in [0.717, 1.165) is 6.42 Å². The molecule has 0 aliphatic rings. The topological polar surface area (TPSA) is 84.5 Å². The average molecular weight is 328 g/mol. The summed E-state index contributed by atoms with van der Waals surface area (Å²) in [4.78, 5) is 35.2. The minimum atomic E-state index is -0.568. The van der Waals surface area contributed by atoms with Crippen LogP contribution < -0.4 is 10.6 Å². The minimum Gasteiger partial charge on any atom is -0.464 e. The van der Waals surface area contributed by atoms with Gasteiger partial charge in [-0.15, -0.1) is 0 Å². The molecule has 23 heavy (non-hydrogen) atoms. The molecule has 0 aliphatic heterocycles. The SMILES string of the molecule is CCC(C)(C)C(NC(=O)NC(COC(C)=O)C(C)(C)C)C(C)=O. The maximum Gasteiger partial charge on any atom is 0.315 e. The number of ether oxygens (including phenoxy) is 1. The Hall–Kier alpha value is -1.59. The highest BCUT2D eigenvalue weighted by Crippen LogP contribution is 2.25. The molecule has 2 atom stereocenters. The molecule has 0 saturated heterocycles. The van der Waals surface area contributed by atoms with E-state index in [-0.39, 0.29) is 29.3 Å². The van der Waals surface area contributed by atoms with E-state index >= 15 is 0 Å². The Morgan fingerprint density at radius 3 is 1.87 bits per heavy atom. The first-order valence-corrected chi connectivity index (χ1v) is 8.02. The normalized spacial score (nSPS) is 14.6. The number of Topliss-reactive ketones (excluding diaryl/α,β-unsaturated/α-hetero) is 1.